The van der Waals surface area contributed by atoms with Gasteiger partial charge in [-0.05, 0) is 38.1 Å². The van der Waals surface area contributed by atoms with Crippen LogP contribution in [0.5, 0.6) is 5.75 Å². The Labute approximate surface area is 191 Å². The molecule has 0 aliphatic carbocycles. The SMILES string of the molecule is Cc1ccc(S(=O)(=O)N2CCN(C(=O)c3noc(C)c3COc3cccc(F)c3)CC2)cc1. The number of hydrogen-bond acceptors (Lipinski definition) is 6. The number of sulfonamides is 1. The second-order valence-corrected chi connectivity index (χ2v) is 9.76. The van der Waals surface area contributed by atoms with Crippen LogP contribution in [0.4, 0.5) is 4.39 Å². The maximum absolute atomic E-state index is 13.4. The number of carbonyl (C=O) groups is 1. The van der Waals surface area contributed by atoms with E-state index in [-0.39, 0.29) is 49.3 Å². The number of piperazine rings is 1. The van der Waals surface area contributed by atoms with Crippen LogP contribution in [0.15, 0.2) is 57.9 Å². The molecule has 1 amide bonds. The van der Waals surface area contributed by atoms with Crippen molar-refractivity contribution in [1.29, 1.82) is 0 Å². The van der Waals surface area contributed by atoms with Gasteiger partial charge in [-0.15, -0.1) is 0 Å². The summed E-state index contributed by atoms with van der Waals surface area (Å²) < 4.78 is 51.4. The van der Waals surface area contributed by atoms with Gasteiger partial charge < -0.3 is 14.2 Å². The third-order valence-corrected chi connectivity index (χ3v) is 7.46. The first-order valence-corrected chi connectivity index (χ1v) is 11.9. The Morgan fingerprint density at radius 1 is 1.09 bits per heavy atom. The topological polar surface area (TPSA) is 93.0 Å². The molecule has 0 N–H and O–H groups in total. The van der Waals surface area contributed by atoms with Gasteiger partial charge in [-0.1, -0.05) is 28.9 Å². The van der Waals surface area contributed by atoms with E-state index in [1.165, 1.54) is 22.5 Å². The quantitative estimate of drug-likeness (QED) is 0.546. The van der Waals surface area contributed by atoms with Crippen LogP contribution < -0.4 is 4.74 Å². The zero-order valence-electron chi connectivity index (χ0n) is 18.3. The summed E-state index contributed by atoms with van der Waals surface area (Å²) in [5, 5.41) is 3.89. The molecule has 2 heterocycles. The molecule has 3 aromatic rings. The van der Waals surface area contributed by atoms with Gasteiger partial charge in [-0.25, -0.2) is 12.8 Å². The Bertz CT molecular complexity index is 1250. The standard InChI is InChI=1S/C23H24FN3O5S/c1-16-6-8-20(9-7-16)33(29,30)27-12-10-26(11-13-27)23(28)22-21(17(2)32-25-22)15-31-19-5-3-4-18(24)14-19/h3-9,14H,10-13,15H2,1-2H3. The second-order valence-electron chi connectivity index (χ2n) is 7.82. The summed E-state index contributed by atoms with van der Waals surface area (Å²) >= 11 is 0. The molecule has 2 aromatic carbocycles. The Morgan fingerprint density at radius 2 is 1.79 bits per heavy atom. The molecule has 0 atom stereocenters. The number of ether oxygens (including phenoxy) is 1. The van der Waals surface area contributed by atoms with Gasteiger partial charge in [0.15, 0.2) is 5.69 Å². The van der Waals surface area contributed by atoms with Crippen LogP contribution in [-0.4, -0.2) is 54.9 Å². The van der Waals surface area contributed by atoms with Crippen molar-refractivity contribution in [2.45, 2.75) is 25.3 Å². The van der Waals surface area contributed by atoms with E-state index < -0.39 is 15.8 Å². The maximum Gasteiger partial charge on any atom is 0.276 e. The molecule has 1 aromatic heterocycles. The van der Waals surface area contributed by atoms with E-state index in [4.69, 9.17) is 9.26 Å². The molecule has 4 rings (SSSR count). The van der Waals surface area contributed by atoms with Gasteiger partial charge in [0.05, 0.1) is 10.5 Å². The van der Waals surface area contributed by atoms with Crippen molar-refractivity contribution in [2.24, 2.45) is 0 Å². The van der Waals surface area contributed by atoms with Gasteiger partial charge in [0.1, 0.15) is 23.9 Å². The van der Waals surface area contributed by atoms with E-state index in [2.05, 4.69) is 5.16 Å². The minimum atomic E-state index is -3.63. The van der Waals surface area contributed by atoms with Crippen LogP contribution in [0.2, 0.25) is 0 Å². The third-order valence-electron chi connectivity index (χ3n) is 5.55. The zero-order valence-corrected chi connectivity index (χ0v) is 19.1. The monoisotopic (exact) mass is 473 g/mol. The lowest BCUT2D eigenvalue weighted by atomic mass is 10.1. The average Bonchev–Trinajstić information content (AvgIpc) is 3.18. The number of aryl methyl sites for hydroxylation is 2. The van der Waals surface area contributed by atoms with E-state index in [0.29, 0.717) is 17.1 Å². The smallest absolute Gasteiger partial charge is 0.276 e. The molecule has 1 fully saturated rings. The van der Waals surface area contributed by atoms with E-state index in [1.54, 1.807) is 42.2 Å². The minimum absolute atomic E-state index is 0.0123. The molecular weight excluding hydrogens is 449 g/mol. The predicted octanol–water partition coefficient (Wildman–Crippen LogP) is 3.16. The molecule has 0 unspecified atom stereocenters. The van der Waals surface area contributed by atoms with Gasteiger partial charge in [0, 0.05) is 32.2 Å². The van der Waals surface area contributed by atoms with Gasteiger partial charge >= 0.3 is 0 Å². The van der Waals surface area contributed by atoms with Crippen molar-refractivity contribution in [1.82, 2.24) is 14.4 Å². The van der Waals surface area contributed by atoms with Gasteiger partial charge in [-0.2, -0.15) is 4.31 Å². The number of halogens is 1. The lowest BCUT2D eigenvalue weighted by molar-refractivity contribution is 0.0685. The highest BCUT2D eigenvalue weighted by Crippen LogP contribution is 2.22. The third kappa shape index (κ3) is 4.91. The second kappa shape index (κ2) is 9.32. The number of hydrogen-bond donors (Lipinski definition) is 0. The maximum atomic E-state index is 13.4. The Morgan fingerprint density at radius 3 is 2.45 bits per heavy atom. The number of carbonyl (C=O) groups excluding carboxylic acids is 1. The fraction of sp³-hybridized carbons (Fsp3) is 0.304. The summed E-state index contributed by atoms with van der Waals surface area (Å²) in [6.07, 6.45) is 0. The summed E-state index contributed by atoms with van der Waals surface area (Å²) in [6, 6.07) is 12.4. The number of nitrogens with zero attached hydrogens (tertiary/aromatic N) is 3. The number of rotatable bonds is 6. The lowest BCUT2D eigenvalue weighted by Gasteiger charge is -2.33. The predicted molar refractivity (Wildman–Crippen MR) is 118 cm³/mol. The largest absolute Gasteiger partial charge is 0.489 e. The van der Waals surface area contributed by atoms with Crippen molar-refractivity contribution >= 4 is 15.9 Å². The van der Waals surface area contributed by atoms with E-state index in [0.717, 1.165) is 5.56 Å². The molecule has 8 nitrogen and oxygen atoms in total. The Kier molecular flexibility index (Phi) is 6.48. The number of benzene rings is 2. The van der Waals surface area contributed by atoms with Crippen molar-refractivity contribution in [2.75, 3.05) is 26.2 Å². The first-order valence-electron chi connectivity index (χ1n) is 10.5. The lowest BCUT2D eigenvalue weighted by Crippen LogP contribution is -2.50. The normalized spacial score (nSPS) is 14.9. The van der Waals surface area contributed by atoms with Crippen LogP contribution in [0, 0.1) is 19.7 Å². The van der Waals surface area contributed by atoms with Crippen molar-refractivity contribution in [3.63, 3.8) is 0 Å². The zero-order chi connectivity index (χ0) is 23.6. The van der Waals surface area contributed by atoms with Gasteiger partial charge in [0.2, 0.25) is 10.0 Å². The average molecular weight is 474 g/mol. The van der Waals surface area contributed by atoms with Crippen LogP contribution in [-0.2, 0) is 16.6 Å². The first-order chi connectivity index (χ1) is 15.8. The van der Waals surface area contributed by atoms with Crippen LogP contribution in [0.25, 0.3) is 0 Å². The fourth-order valence-electron chi connectivity index (χ4n) is 3.58. The Hall–Kier alpha value is -3.24. The summed E-state index contributed by atoms with van der Waals surface area (Å²) in [7, 11) is -3.63. The summed E-state index contributed by atoms with van der Waals surface area (Å²) in [5.41, 5.74) is 1.56. The summed E-state index contributed by atoms with van der Waals surface area (Å²) in [6.45, 7) is 4.34. The highest BCUT2D eigenvalue weighted by atomic mass is 32.2. The van der Waals surface area contributed by atoms with Crippen molar-refractivity contribution in [3.8, 4) is 5.75 Å². The minimum Gasteiger partial charge on any atom is -0.489 e. The molecule has 0 spiro atoms. The fourth-order valence-corrected chi connectivity index (χ4v) is 5.00. The molecule has 1 saturated heterocycles. The molecule has 0 saturated carbocycles. The molecular formula is C23H24FN3O5S. The molecule has 0 bridgehead atoms. The summed E-state index contributed by atoms with van der Waals surface area (Å²) in [4.78, 5) is 14.9. The van der Waals surface area contributed by atoms with Crippen LogP contribution in [0.3, 0.4) is 0 Å². The van der Waals surface area contributed by atoms with E-state index in [9.17, 15) is 17.6 Å². The number of aromatic nitrogens is 1. The molecule has 1 aliphatic heterocycles. The molecule has 0 radical (unpaired) electrons. The van der Waals surface area contributed by atoms with Crippen LogP contribution >= 0.6 is 0 Å². The van der Waals surface area contributed by atoms with E-state index in [1.807, 2.05) is 6.92 Å². The molecule has 33 heavy (non-hydrogen) atoms. The van der Waals surface area contributed by atoms with Crippen LogP contribution in [0.1, 0.15) is 27.4 Å². The van der Waals surface area contributed by atoms with Gasteiger partial charge in [0.25, 0.3) is 5.91 Å². The highest BCUT2D eigenvalue weighted by Gasteiger charge is 2.32. The first kappa shape index (κ1) is 22.9. The van der Waals surface area contributed by atoms with E-state index >= 15 is 0 Å². The molecule has 1 aliphatic rings. The number of amides is 1. The molecule has 174 valence electrons. The summed E-state index contributed by atoms with van der Waals surface area (Å²) in [5.74, 6) is -0.0411. The Balaban J connectivity index is 1.42. The van der Waals surface area contributed by atoms with Crippen molar-refractivity contribution in [3.05, 3.63) is 76.9 Å². The molecule has 10 heteroatoms. The van der Waals surface area contributed by atoms with Gasteiger partial charge in [-0.3, -0.25) is 4.79 Å². The highest BCUT2D eigenvalue weighted by molar-refractivity contribution is 7.89. The van der Waals surface area contributed by atoms with Crippen molar-refractivity contribution < 1.29 is 26.9 Å².